The van der Waals surface area contributed by atoms with E-state index in [1.165, 1.54) is 7.11 Å². The Morgan fingerprint density at radius 1 is 1.50 bits per heavy atom. The van der Waals surface area contributed by atoms with Gasteiger partial charge in [0, 0.05) is 20.2 Å². The lowest BCUT2D eigenvalue weighted by Gasteiger charge is -2.40. The van der Waals surface area contributed by atoms with Gasteiger partial charge in [-0.05, 0) is 19.9 Å². The van der Waals surface area contributed by atoms with Crippen molar-refractivity contribution in [2.24, 2.45) is 5.73 Å². The topological polar surface area (TPSA) is 84.7 Å². The van der Waals surface area contributed by atoms with Crippen LogP contribution in [0.4, 0.5) is 0 Å². The summed E-state index contributed by atoms with van der Waals surface area (Å²) in [5, 5.41) is 0. The van der Waals surface area contributed by atoms with E-state index >= 15 is 0 Å². The summed E-state index contributed by atoms with van der Waals surface area (Å²) in [4.78, 5) is 2.34. The van der Waals surface area contributed by atoms with E-state index in [0.29, 0.717) is 12.8 Å². The first-order chi connectivity index (χ1) is 8.31. The molecule has 1 saturated heterocycles. The molecular weight excluding hydrogens is 274 g/mol. The number of methoxy groups -OCH3 is 1. The van der Waals surface area contributed by atoms with Gasteiger partial charge in [0.1, 0.15) is 0 Å². The fourth-order valence-electron chi connectivity index (χ4n) is 1.94. The van der Waals surface area contributed by atoms with E-state index in [1.807, 2.05) is 7.05 Å². The number of ether oxygens (including phenoxy) is 1. The molecule has 0 bridgehead atoms. The number of hydrogen-bond donors (Lipinski definition) is 2. The minimum absolute atomic E-state index is 0.0797. The number of likely N-dealkylation sites (tertiary alicyclic amines) is 1. The fraction of sp³-hybridized carbons (Fsp3) is 0.900. The number of thiocarbonyl (C=S) groups is 1. The minimum Gasteiger partial charge on any atom is -0.392 e. The highest BCUT2D eigenvalue weighted by molar-refractivity contribution is 7.89. The zero-order chi connectivity index (χ0) is 13.8. The molecule has 1 aliphatic rings. The van der Waals surface area contributed by atoms with Gasteiger partial charge < -0.3 is 15.4 Å². The highest BCUT2D eigenvalue weighted by Gasteiger charge is 2.39. The van der Waals surface area contributed by atoms with Crippen LogP contribution in [0, 0.1) is 0 Å². The molecule has 18 heavy (non-hydrogen) atoms. The van der Waals surface area contributed by atoms with Gasteiger partial charge in [-0.1, -0.05) is 12.2 Å². The molecule has 1 rings (SSSR count). The summed E-state index contributed by atoms with van der Waals surface area (Å²) >= 11 is 5.05. The molecule has 8 heteroatoms. The molecule has 1 aliphatic heterocycles. The largest absolute Gasteiger partial charge is 0.392 e. The molecule has 0 amide bonds. The van der Waals surface area contributed by atoms with Crippen molar-refractivity contribution in [1.82, 2.24) is 9.62 Å². The van der Waals surface area contributed by atoms with Gasteiger partial charge in [0.2, 0.25) is 10.0 Å². The number of nitrogens with zero attached hydrogens (tertiary/aromatic N) is 1. The predicted molar refractivity (Wildman–Crippen MR) is 75.0 cm³/mol. The zero-order valence-corrected chi connectivity index (χ0v) is 12.4. The van der Waals surface area contributed by atoms with Crippen LogP contribution in [-0.2, 0) is 14.8 Å². The van der Waals surface area contributed by atoms with Gasteiger partial charge in [-0.15, -0.1) is 0 Å². The molecular formula is C10H21N3O3S2. The third kappa shape index (κ3) is 4.13. The van der Waals surface area contributed by atoms with E-state index < -0.39 is 15.6 Å². The van der Waals surface area contributed by atoms with Crippen molar-refractivity contribution in [2.45, 2.75) is 18.4 Å². The van der Waals surface area contributed by atoms with Crippen LogP contribution in [0.2, 0.25) is 0 Å². The van der Waals surface area contributed by atoms with Crippen LogP contribution in [0.1, 0.15) is 12.8 Å². The zero-order valence-electron chi connectivity index (χ0n) is 10.8. The Morgan fingerprint density at radius 2 is 2.06 bits per heavy atom. The van der Waals surface area contributed by atoms with Crippen molar-refractivity contribution < 1.29 is 13.2 Å². The van der Waals surface area contributed by atoms with Gasteiger partial charge in [0.05, 0.1) is 22.9 Å². The summed E-state index contributed by atoms with van der Waals surface area (Å²) in [6.45, 7) is 1.69. The third-order valence-electron chi connectivity index (χ3n) is 3.22. The van der Waals surface area contributed by atoms with Gasteiger partial charge in [0.15, 0.2) is 0 Å². The second kappa shape index (κ2) is 6.25. The highest BCUT2D eigenvalue weighted by atomic mass is 32.2. The summed E-state index contributed by atoms with van der Waals surface area (Å²) in [6.07, 6.45) is 1.20. The van der Waals surface area contributed by atoms with Crippen LogP contribution in [0.15, 0.2) is 0 Å². The standard InChI is InChI=1S/C10H21N3O3S2/c1-13-5-3-10(4-6-13,9(11)17)12-18(14,15)8-7-16-2/h12H,3-8H2,1-2H3,(H2,11,17). The van der Waals surface area contributed by atoms with Gasteiger partial charge in [-0.25, -0.2) is 13.1 Å². The molecule has 0 atom stereocenters. The van der Waals surface area contributed by atoms with E-state index in [0.717, 1.165) is 13.1 Å². The highest BCUT2D eigenvalue weighted by Crippen LogP contribution is 2.23. The van der Waals surface area contributed by atoms with Gasteiger partial charge in [0.25, 0.3) is 0 Å². The lowest BCUT2D eigenvalue weighted by molar-refractivity contribution is 0.212. The average molecular weight is 295 g/mol. The molecule has 3 N–H and O–H groups in total. The lowest BCUT2D eigenvalue weighted by atomic mass is 9.89. The number of nitrogens with one attached hydrogen (secondary N) is 1. The monoisotopic (exact) mass is 295 g/mol. The van der Waals surface area contributed by atoms with Gasteiger partial charge in [-0.2, -0.15) is 0 Å². The second-order valence-corrected chi connectivity index (χ2v) is 6.95. The van der Waals surface area contributed by atoms with E-state index in [2.05, 4.69) is 9.62 Å². The average Bonchev–Trinajstić information content (AvgIpc) is 2.29. The lowest BCUT2D eigenvalue weighted by Crippen LogP contribution is -2.61. The summed E-state index contributed by atoms with van der Waals surface area (Å²) in [7, 11) is 0.0304. The third-order valence-corrected chi connectivity index (χ3v) is 5.02. The number of piperidine rings is 1. The Kier molecular flexibility index (Phi) is 5.47. The van der Waals surface area contributed by atoms with Crippen molar-refractivity contribution in [1.29, 1.82) is 0 Å². The number of nitrogens with two attached hydrogens (primary N) is 1. The van der Waals surface area contributed by atoms with Crippen LogP contribution >= 0.6 is 12.2 Å². The Bertz CT molecular complexity index is 389. The Labute approximate surface area is 114 Å². The van der Waals surface area contributed by atoms with Crippen molar-refractivity contribution in [3.05, 3.63) is 0 Å². The quantitative estimate of drug-likeness (QED) is 0.631. The van der Waals surface area contributed by atoms with Crippen molar-refractivity contribution in [3.8, 4) is 0 Å². The maximum atomic E-state index is 11.9. The first kappa shape index (κ1) is 15.8. The summed E-state index contributed by atoms with van der Waals surface area (Å²) in [6, 6.07) is 0. The normalized spacial score (nSPS) is 20.8. The molecule has 6 nitrogen and oxygen atoms in total. The molecule has 106 valence electrons. The summed E-state index contributed by atoms with van der Waals surface area (Å²) in [5.74, 6) is -0.0797. The van der Waals surface area contributed by atoms with E-state index in [4.69, 9.17) is 22.7 Å². The van der Waals surface area contributed by atoms with Gasteiger partial charge in [-0.3, -0.25) is 0 Å². The van der Waals surface area contributed by atoms with E-state index in [1.54, 1.807) is 0 Å². The molecule has 0 saturated carbocycles. The first-order valence-electron chi connectivity index (χ1n) is 5.80. The van der Waals surface area contributed by atoms with E-state index in [-0.39, 0.29) is 17.3 Å². The molecule has 0 aromatic rings. The second-order valence-electron chi connectivity index (χ2n) is 4.66. The molecule has 1 fully saturated rings. The minimum atomic E-state index is -3.43. The van der Waals surface area contributed by atoms with Crippen molar-refractivity contribution >= 4 is 27.2 Å². The van der Waals surface area contributed by atoms with Crippen LogP contribution in [0.3, 0.4) is 0 Å². The van der Waals surface area contributed by atoms with Crippen LogP contribution in [0.25, 0.3) is 0 Å². The number of hydrogen-bond acceptors (Lipinski definition) is 5. The smallest absolute Gasteiger partial charge is 0.214 e. The molecule has 0 radical (unpaired) electrons. The van der Waals surface area contributed by atoms with Crippen LogP contribution in [0.5, 0.6) is 0 Å². The maximum absolute atomic E-state index is 11.9. The van der Waals surface area contributed by atoms with Gasteiger partial charge >= 0.3 is 0 Å². The Morgan fingerprint density at radius 3 is 2.50 bits per heavy atom. The molecule has 0 unspecified atom stereocenters. The van der Waals surface area contributed by atoms with Crippen LogP contribution in [-0.4, -0.2) is 63.5 Å². The van der Waals surface area contributed by atoms with Crippen molar-refractivity contribution in [2.75, 3.05) is 39.6 Å². The maximum Gasteiger partial charge on any atom is 0.214 e. The Hall–Kier alpha value is -0.280. The molecule has 0 aromatic heterocycles. The molecule has 1 heterocycles. The summed E-state index contributed by atoms with van der Waals surface area (Å²) in [5.41, 5.74) is 4.95. The number of rotatable bonds is 6. The predicted octanol–water partition coefficient (Wildman–Crippen LogP) is -0.697. The SMILES string of the molecule is COCCS(=O)(=O)NC1(C(N)=S)CCN(C)CC1. The number of sulfonamides is 1. The molecule has 0 aromatic carbocycles. The Balaban J connectivity index is 2.78. The summed E-state index contributed by atoms with van der Waals surface area (Å²) < 4.78 is 31.3. The van der Waals surface area contributed by atoms with Crippen LogP contribution < -0.4 is 10.5 Å². The van der Waals surface area contributed by atoms with Crippen molar-refractivity contribution in [3.63, 3.8) is 0 Å². The first-order valence-corrected chi connectivity index (χ1v) is 7.86. The molecule has 0 spiro atoms. The van der Waals surface area contributed by atoms with E-state index in [9.17, 15) is 8.42 Å². The fourth-order valence-corrected chi connectivity index (χ4v) is 3.66. The molecule has 0 aliphatic carbocycles.